The van der Waals surface area contributed by atoms with E-state index in [0.717, 1.165) is 23.1 Å². The van der Waals surface area contributed by atoms with Crippen molar-refractivity contribution in [3.8, 4) is 0 Å². The molecule has 1 aliphatic rings. The molecule has 5 nitrogen and oxygen atoms in total. The van der Waals surface area contributed by atoms with Crippen molar-refractivity contribution < 1.29 is 14.3 Å². The molecule has 0 unspecified atom stereocenters. The molecule has 0 spiro atoms. The van der Waals surface area contributed by atoms with E-state index in [4.69, 9.17) is 4.74 Å². The zero-order chi connectivity index (χ0) is 21.5. The molecule has 1 saturated heterocycles. The maximum atomic E-state index is 12.7. The van der Waals surface area contributed by atoms with Crippen molar-refractivity contribution in [3.63, 3.8) is 0 Å². The van der Waals surface area contributed by atoms with E-state index in [1.54, 1.807) is 4.90 Å². The topological polar surface area (TPSA) is 58.6 Å². The summed E-state index contributed by atoms with van der Waals surface area (Å²) in [6.07, 6.45) is 1.56. The molecule has 6 heteroatoms. The van der Waals surface area contributed by atoms with E-state index in [1.165, 1.54) is 11.3 Å². The van der Waals surface area contributed by atoms with Crippen molar-refractivity contribution in [2.75, 3.05) is 6.54 Å². The van der Waals surface area contributed by atoms with Gasteiger partial charge in [-0.2, -0.15) is 0 Å². The summed E-state index contributed by atoms with van der Waals surface area (Å²) in [5.74, 6) is -0.134. The van der Waals surface area contributed by atoms with Crippen LogP contribution in [0.1, 0.15) is 39.2 Å². The molecule has 0 saturated carbocycles. The van der Waals surface area contributed by atoms with Crippen molar-refractivity contribution in [3.05, 3.63) is 93.7 Å². The molecule has 1 fully saturated rings. The van der Waals surface area contributed by atoms with Crippen molar-refractivity contribution in [2.24, 2.45) is 0 Å². The number of hydrogen-bond donors (Lipinski definition) is 1. The van der Waals surface area contributed by atoms with Crippen LogP contribution in [0.5, 0.6) is 0 Å². The van der Waals surface area contributed by atoms with E-state index >= 15 is 0 Å². The van der Waals surface area contributed by atoms with Gasteiger partial charge in [0, 0.05) is 13.1 Å². The molecule has 2 heterocycles. The van der Waals surface area contributed by atoms with Crippen LogP contribution in [0.4, 0.5) is 0 Å². The molecule has 1 N–H and O–H groups in total. The van der Waals surface area contributed by atoms with Gasteiger partial charge in [-0.3, -0.25) is 9.59 Å². The number of nitrogens with zero attached hydrogens (tertiary/aromatic N) is 1. The van der Waals surface area contributed by atoms with E-state index in [2.05, 4.69) is 5.32 Å². The summed E-state index contributed by atoms with van der Waals surface area (Å²) in [6.45, 7) is 2.21. The minimum atomic E-state index is -0.389. The molecule has 0 bridgehead atoms. The van der Waals surface area contributed by atoms with Crippen molar-refractivity contribution >= 4 is 23.2 Å². The zero-order valence-corrected chi connectivity index (χ0v) is 18.1. The Morgan fingerprint density at radius 3 is 2.35 bits per heavy atom. The predicted octanol–water partition coefficient (Wildman–Crippen LogP) is 4.39. The van der Waals surface area contributed by atoms with Gasteiger partial charge >= 0.3 is 0 Å². The molecule has 0 aliphatic carbocycles. The largest absolute Gasteiger partial charge is 0.372 e. The summed E-state index contributed by atoms with van der Waals surface area (Å²) in [6, 6.07) is 21.4. The van der Waals surface area contributed by atoms with Gasteiger partial charge in [0.1, 0.15) is 6.04 Å². The van der Waals surface area contributed by atoms with Gasteiger partial charge in [0.25, 0.3) is 5.91 Å². The number of nitrogens with one attached hydrogen (secondary N) is 1. The molecule has 1 aromatic heterocycles. The Kier molecular flexibility index (Phi) is 7.12. The number of hydrogen-bond acceptors (Lipinski definition) is 4. The summed E-state index contributed by atoms with van der Waals surface area (Å²) in [5.41, 5.74) is 3.27. The first-order chi connectivity index (χ1) is 15.2. The van der Waals surface area contributed by atoms with Crippen LogP contribution in [0.15, 0.2) is 72.1 Å². The molecule has 160 valence electrons. The standard InChI is InChI=1S/C25H26N2O3S/c28-24(22-8-4-14-27(22)25(29)23-9-5-15-31-23)26-16-19-10-12-21(13-11-19)18-30-17-20-6-2-1-3-7-20/h1-3,5-7,9-13,15,22H,4,8,14,16-18H2,(H,26,28)/t22-/m0/s1. The van der Waals surface area contributed by atoms with Crippen molar-refractivity contribution in [2.45, 2.75) is 38.6 Å². The van der Waals surface area contributed by atoms with Gasteiger partial charge in [0.2, 0.25) is 5.91 Å². The molecule has 31 heavy (non-hydrogen) atoms. The van der Waals surface area contributed by atoms with Gasteiger partial charge in [-0.1, -0.05) is 60.7 Å². The van der Waals surface area contributed by atoms with Crippen LogP contribution < -0.4 is 5.32 Å². The highest BCUT2D eigenvalue weighted by Gasteiger charge is 2.34. The Morgan fingerprint density at radius 2 is 1.65 bits per heavy atom. The summed E-state index contributed by atoms with van der Waals surface area (Å²) >= 11 is 1.41. The highest BCUT2D eigenvalue weighted by Crippen LogP contribution is 2.22. The molecular weight excluding hydrogens is 408 g/mol. The highest BCUT2D eigenvalue weighted by molar-refractivity contribution is 7.12. The number of rotatable bonds is 8. The third-order valence-corrected chi connectivity index (χ3v) is 6.28. The molecule has 1 atom stereocenters. The third-order valence-electron chi connectivity index (χ3n) is 5.42. The zero-order valence-electron chi connectivity index (χ0n) is 17.3. The van der Waals surface area contributed by atoms with E-state index in [-0.39, 0.29) is 17.9 Å². The number of thiophene rings is 1. The summed E-state index contributed by atoms with van der Waals surface area (Å²) < 4.78 is 5.77. The minimum absolute atomic E-state index is 0.0486. The number of carbonyl (C=O) groups is 2. The van der Waals surface area contributed by atoms with Crippen LogP contribution in [0.2, 0.25) is 0 Å². The van der Waals surface area contributed by atoms with Crippen LogP contribution in [0.3, 0.4) is 0 Å². The fraction of sp³-hybridized carbons (Fsp3) is 0.280. The summed E-state index contributed by atoms with van der Waals surface area (Å²) in [5, 5.41) is 4.88. The summed E-state index contributed by atoms with van der Waals surface area (Å²) in [7, 11) is 0. The average Bonchev–Trinajstić information content (AvgIpc) is 3.51. The van der Waals surface area contributed by atoms with Gasteiger partial charge in [-0.25, -0.2) is 0 Å². The van der Waals surface area contributed by atoms with Crippen LogP contribution in [-0.4, -0.2) is 29.3 Å². The van der Waals surface area contributed by atoms with Crippen LogP contribution in [0, 0.1) is 0 Å². The smallest absolute Gasteiger partial charge is 0.264 e. The first-order valence-corrected chi connectivity index (χ1v) is 11.4. The lowest BCUT2D eigenvalue weighted by Gasteiger charge is -2.23. The number of carbonyl (C=O) groups excluding carboxylic acids is 2. The molecule has 2 aromatic carbocycles. The predicted molar refractivity (Wildman–Crippen MR) is 122 cm³/mol. The van der Waals surface area contributed by atoms with Crippen LogP contribution in [0.25, 0.3) is 0 Å². The fourth-order valence-electron chi connectivity index (χ4n) is 3.75. The second-order valence-corrected chi connectivity index (χ2v) is 8.59. The average molecular weight is 435 g/mol. The Bertz CT molecular complexity index is 987. The molecule has 2 amide bonds. The number of amides is 2. The van der Waals surface area contributed by atoms with E-state index in [1.807, 2.05) is 72.1 Å². The second-order valence-electron chi connectivity index (χ2n) is 7.65. The maximum absolute atomic E-state index is 12.7. The van der Waals surface area contributed by atoms with Gasteiger partial charge in [-0.15, -0.1) is 11.3 Å². The molecule has 1 aliphatic heterocycles. The Hall–Kier alpha value is -2.96. The van der Waals surface area contributed by atoms with E-state index in [0.29, 0.717) is 37.6 Å². The second kappa shape index (κ2) is 10.4. The fourth-order valence-corrected chi connectivity index (χ4v) is 4.42. The van der Waals surface area contributed by atoms with Crippen LogP contribution >= 0.6 is 11.3 Å². The van der Waals surface area contributed by atoms with Crippen molar-refractivity contribution in [1.82, 2.24) is 10.2 Å². The van der Waals surface area contributed by atoms with Gasteiger partial charge < -0.3 is 15.0 Å². The Labute approximate surface area is 186 Å². The van der Waals surface area contributed by atoms with Crippen molar-refractivity contribution in [1.29, 1.82) is 0 Å². The summed E-state index contributed by atoms with van der Waals surface area (Å²) in [4.78, 5) is 27.8. The van der Waals surface area contributed by atoms with E-state index < -0.39 is 0 Å². The molecule has 0 radical (unpaired) electrons. The first-order valence-electron chi connectivity index (χ1n) is 10.5. The number of benzene rings is 2. The highest BCUT2D eigenvalue weighted by atomic mass is 32.1. The van der Waals surface area contributed by atoms with Crippen LogP contribution in [-0.2, 0) is 29.3 Å². The molecule has 4 rings (SSSR count). The number of ether oxygens (including phenoxy) is 1. The quantitative estimate of drug-likeness (QED) is 0.572. The lowest BCUT2D eigenvalue weighted by molar-refractivity contribution is -0.125. The lowest BCUT2D eigenvalue weighted by atomic mass is 10.1. The Morgan fingerprint density at radius 1 is 0.935 bits per heavy atom. The normalized spacial score (nSPS) is 15.7. The minimum Gasteiger partial charge on any atom is -0.372 e. The van der Waals surface area contributed by atoms with Gasteiger partial charge in [0.15, 0.2) is 0 Å². The van der Waals surface area contributed by atoms with Gasteiger partial charge in [0.05, 0.1) is 18.1 Å². The Balaban J connectivity index is 1.25. The third kappa shape index (κ3) is 5.60. The maximum Gasteiger partial charge on any atom is 0.264 e. The van der Waals surface area contributed by atoms with Gasteiger partial charge in [-0.05, 0) is 41.0 Å². The lowest BCUT2D eigenvalue weighted by Crippen LogP contribution is -2.45. The SMILES string of the molecule is O=C(NCc1ccc(COCc2ccccc2)cc1)[C@@H]1CCCN1C(=O)c1cccs1. The number of likely N-dealkylation sites (tertiary alicyclic amines) is 1. The molecular formula is C25H26N2O3S. The monoisotopic (exact) mass is 434 g/mol. The molecule has 3 aromatic rings. The van der Waals surface area contributed by atoms with E-state index in [9.17, 15) is 9.59 Å². The first kappa shape index (κ1) is 21.3.